The molecule has 0 aliphatic rings. The third-order valence-electron chi connectivity index (χ3n) is 3.84. The second-order valence-electron chi connectivity index (χ2n) is 6.12. The Kier molecular flexibility index (Phi) is 7.97. The number of hydrogen-bond donors (Lipinski definition) is 1. The fraction of sp³-hybridized carbons (Fsp3) is 0.0909. The Labute approximate surface area is 189 Å². The normalized spacial score (nSPS) is 10.8. The molecule has 5 nitrogen and oxygen atoms in total. The van der Waals surface area contributed by atoms with Crippen molar-refractivity contribution >= 4 is 46.9 Å². The van der Waals surface area contributed by atoms with E-state index in [0.717, 1.165) is 16.9 Å². The van der Waals surface area contributed by atoms with E-state index in [1.165, 1.54) is 18.3 Å². The van der Waals surface area contributed by atoms with Crippen LogP contribution < -0.4 is 14.9 Å². The summed E-state index contributed by atoms with van der Waals surface area (Å²) in [6.45, 7) is 0.191. The molecule has 0 radical (unpaired) electrons. The lowest BCUT2D eigenvalue weighted by molar-refractivity contribution is -0.123. The van der Waals surface area contributed by atoms with Gasteiger partial charge in [0.25, 0.3) is 5.91 Å². The largest absolute Gasteiger partial charge is 0.489 e. The Morgan fingerprint density at radius 1 is 0.933 bits per heavy atom. The highest BCUT2D eigenvalue weighted by atomic mass is 35.5. The van der Waals surface area contributed by atoms with Crippen molar-refractivity contribution in [2.45, 2.75) is 6.61 Å². The molecule has 0 spiro atoms. The molecule has 1 N–H and O–H groups in total. The van der Waals surface area contributed by atoms with Crippen LogP contribution in [0.15, 0.2) is 71.8 Å². The molecular formula is C22H17Cl3N2O3. The van der Waals surface area contributed by atoms with E-state index in [1.807, 2.05) is 54.6 Å². The van der Waals surface area contributed by atoms with Gasteiger partial charge in [-0.1, -0.05) is 65.1 Å². The van der Waals surface area contributed by atoms with Crippen molar-refractivity contribution in [2.75, 3.05) is 6.61 Å². The van der Waals surface area contributed by atoms with Crippen LogP contribution in [0.1, 0.15) is 11.1 Å². The summed E-state index contributed by atoms with van der Waals surface area (Å²) in [6, 6.07) is 20.2. The van der Waals surface area contributed by atoms with Crippen LogP contribution in [0.3, 0.4) is 0 Å². The summed E-state index contributed by atoms with van der Waals surface area (Å²) in [5, 5.41) is 4.72. The van der Waals surface area contributed by atoms with Gasteiger partial charge >= 0.3 is 0 Å². The molecular weight excluding hydrogens is 447 g/mol. The van der Waals surface area contributed by atoms with E-state index in [9.17, 15) is 4.79 Å². The maximum Gasteiger partial charge on any atom is 0.277 e. The molecule has 0 atom stereocenters. The predicted molar refractivity (Wildman–Crippen MR) is 120 cm³/mol. The van der Waals surface area contributed by atoms with Crippen LogP contribution in [0.4, 0.5) is 0 Å². The number of nitrogens with zero attached hydrogens (tertiary/aromatic N) is 1. The van der Waals surface area contributed by atoms with Gasteiger partial charge in [-0.2, -0.15) is 5.10 Å². The molecule has 0 unspecified atom stereocenters. The van der Waals surface area contributed by atoms with Crippen molar-refractivity contribution in [2.24, 2.45) is 5.10 Å². The molecule has 0 heterocycles. The molecule has 0 saturated heterocycles. The molecule has 0 aromatic heterocycles. The highest BCUT2D eigenvalue weighted by Crippen LogP contribution is 2.35. The summed E-state index contributed by atoms with van der Waals surface area (Å²) in [5.74, 6) is 0.467. The minimum Gasteiger partial charge on any atom is -0.489 e. The third-order valence-corrected chi connectivity index (χ3v) is 4.62. The average molecular weight is 464 g/mol. The molecule has 0 bridgehead atoms. The van der Waals surface area contributed by atoms with Crippen LogP contribution in [0.2, 0.25) is 15.1 Å². The SMILES string of the molecule is O=C(COc1c(Cl)cc(Cl)cc1Cl)NN=Cc1ccc(OCc2ccccc2)cc1. The highest BCUT2D eigenvalue weighted by molar-refractivity contribution is 6.40. The number of hydrogen-bond acceptors (Lipinski definition) is 4. The molecule has 8 heteroatoms. The first-order valence-electron chi connectivity index (χ1n) is 8.87. The summed E-state index contributed by atoms with van der Waals surface area (Å²) in [7, 11) is 0. The number of hydrazone groups is 1. The van der Waals surface area contributed by atoms with E-state index in [4.69, 9.17) is 44.3 Å². The van der Waals surface area contributed by atoms with Crippen molar-refractivity contribution in [3.63, 3.8) is 0 Å². The van der Waals surface area contributed by atoms with Crippen molar-refractivity contribution in [3.05, 3.63) is 92.9 Å². The number of nitrogens with one attached hydrogen (secondary N) is 1. The molecule has 0 saturated carbocycles. The first kappa shape index (κ1) is 22.0. The number of carbonyl (C=O) groups excluding carboxylic acids is 1. The zero-order valence-electron chi connectivity index (χ0n) is 15.6. The fourth-order valence-electron chi connectivity index (χ4n) is 2.41. The Morgan fingerprint density at radius 3 is 2.27 bits per heavy atom. The molecule has 0 fully saturated rings. The fourth-order valence-corrected chi connectivity index (χ4v) is 3.33. The van der Waals surface area contributed by atoms with Crippen molar-refractivity contribution in [1.82, 2.24) is 5.43 Å². The zero-order valence-corrected chi connectivity index (χ0v) is 17.9. The van der Waals surface area contributed by atoms with Gasteiger partial charge in [-0.3, -0.25) is 4.79 Å². The van der Waals surface area contributed by atoms with Gasteiger partial charge in [-0.15, -0.1) is 0 Å². The highest BCUT2D eigenvalue weighted by Gasteiger charge is 2.11. The van der Waals surface area contributed by atoms with Crippen molar-refractivity contribution < 1.29 is 14.3 Å². The number of amides is 1. The molecule has 1 amide bonds. The average Bonchev–Trinajstić information content (AvgIpc) is 2.73. The van der Waals surface area contributed by atoms with E-state index in [-0.39, 0.29) is 22.4 Å². The number of benzene rings is 3. The molecule has 3 rings (SSSR count). The summed E-state index contributed by atoms with van der Waals surface area (Å²) >= 11 is 17.9. The van der Waals surface area contributed by atoms with Crippen molar-refractivity contribution in [1.29, 1.82) is 0 Å². The van der Waals surface area contributed by atoms with Crippen LogP contribution in [0.25, 0.3) is 0 Å². The summed E-state index contributed by atoms with van der Waals surface area (Å²) < 4.78 is 11.1. The monoisotopic (exact) mass is 462 g/mol. The van der Waals surface area contributed by atoms with Gasteiger partial charge in [0.05, 0.1) is 16.3 Å². The van der Waals surface area contributed by atoms with Crippen LogP contribution in [0, 0.1) is 0 Å². The van der Waals surface area contributed by atoms with E-state index in [2.05, 4.69) is 10.5 Å². The predicted octanol–water partition coefficient (Wildman–Crippen LogP) is 5.75. The lowest BCUT2D eigenvalue weighted by Crippen LogP contribution is -2.24. The van der Waals surface area contributed by atoms with Crippen LogP contribution in [0.5, 0.6) is 11.5 Å². The lowest BCUT2D eigenvalue weighted by atomic mass is 10.2. The van der Waals surface area contributed by atoms with Gasteiger partial charge in [0, 0.05) is 5.02 Å². The van der Waals surface area contributed by atoms with Gasteiger partial charge in [0.15, 0.2) is 12.4 Å². The second kappa shape index (κ2) is 10.9. The van der Waals surface area contributed by atoms with Crippen LogP contribution in [-0.2, 0) is 11.4 Å². The Hall–Kier alpha value is -2.73. The molecule has 3 aromatic carbocycles. The van der Waals surface area contributed by atoms with Crippen LogP contribution in [-0.4, -0.2) is 18.7 Å². The number of rotatable bonds is 8. The topological polar surface area (TPSA) is 59.9 Å². The maximum absolute atomic E-state index is 11.9. The van der Waals surface area contributed by atoms with Gasteiger partial charge in [0.2, 0.25) is 0 Å². The summed E-state index contributed by atoms with van der Waals surface area (Å²) in [5.41, 5.74) is 4.27. The Morgan fingerprint density at radius 2 is 1.60 bits per heavy atom. The third kappa shape index (κ3) is 6.66. The second-order valence-corrected chi connectivity index (χ2v) is 7.37. The number of ether oxygens (including phenoxy) is 2. The van der Waals surface area contributed by atoms with E-state index >= 15 is 0 Å². The number of halogens is 3. The first-order valence-corrected chi connectivity index (χ1v) is 10.0. The minimum absolute atomic E-state index is 0.188. The molecule has 0 aliphatic heterocycles. The Bertz CT molecular complexity index is 1000. The van der Waals surface area contributed by atoms with E-state index in [1.54, 1.807) is 0 Å². The standard InChI is InChI=1S/C22H17Cl3N2O3/c23-17-10-19(24)22(20(25)11-17)30-14-21(28)27-26-12-15-6-8-18(9-7-15)29-13-16-4-2-1-3-5-16/h1-12H,13-14H2,(H,27,28). The van der Waals surface area contributed by atoms with Gasteiger partial charge in [-0.25, -0.2) is 5.43 Å². The smallest absolute Gasteiger partial charge is 0.277 e. The zero-order chi connectivity index (χ0) is 21.3. The van der Waals surface area contributed by atoms with Gasteiger partial charge in [-0.05, 0) is 47.5 Å². The molecule has 3 aromatic rings. The maximum atomic E-state index is 11.9. The van der Waals surface area contributed by atoms with Crippen molar-refractivity contribution in [3.8, 4) is 11.5 Å². The Balaban J connectivity index is 1.45. The van der Waals surface area contributed by atoms with E-state index < -0.39 is 5.91 Å². The number of carbonyl (C=O) groups is 1. The molecule has 30 heavy (non-hydrogen) atoms. The molecule has 0 aliphatic carbocycles. The minimum atomic E-state index is -0.462. The first-order chi connectivity index (χ1) is 14.5. The van der Waals surface area contributed by atoms with Gasteiger partial charge in [0.1, 0.15) is 12.4 Å². The van der Waals surface area contributed by atoms with E-state index in [0.29, 0.717) is 11.6 Å². The quantitative estimate of drug-likeness (QED) is 0.341. The molecule has 154 valence electrons. The lowest BCUT2D eigenvalue weighted by Gasteiger charge is -2.09. The van der Waals surface area contributed by atoms with Crippen LogP contribution >= 0.6 is 34.8 Å². The van der Waals surface area contributed by atoms with Gasteiger partial charge < -0.3 is 9.47 Å². The summed E-state index contributed by atoms with van der Waals surface area (Å²) in [6.07, 6.45) is 1.52. The summed E-state index contributed by atoms with van der Waals surface area (Å²) in [4.78, 5) is 11.9.